The van der Waals surface area contributed by atoms with Crippen molar-refractivity contribution in [3.63, 3.8) is 0 Å². The van der Waals surface area contributed by atoms with Gasteiger partial charge in [0.2, 0.25) is 10.0 Å². The molecule has 0 heterocycles. The molecule has 0 atom stereocenters. The largest absolute Gasteiger partial charge is 0.495 e. The highest BCUT2D eigenvalue weighted by Gasteiger charge is 2.23. The molecule has 0 aliphatic heterocycles. The van der Waals surface area contributed by atoms with Crippen molar-refractivity contribution in [3.05, 3.63) is 18.2 Å². The van der Waals surface area contributed by atoms with Crippen molar-refractivity contribution in [2.75, 3.05) is 27.3 Å². The summed E-state index contributed by atoms with van der Waals surface area (Å²) in [5, 5.41) is 0. The highest BCUT2D eigenvalue weighted by molar-refractivity contribution is 7.89. The second-order valence-electron chi connectivity index (χ2n) is 3.53. The lowest BCUT2D eigenvalue weighted by Gasteiger charge is -2.13. The number of ether oxygens (including phenoxy) is 2. The number of benzene rings is 1. The Morgan fingerprint density at radius 2 is 1.78 bits per heavy atom. The predicted octanol–water partition coefficient (Wildman–Crippen LogP) is 0.331. The third-order valence-corrected chi connectivity index (χ3v) is 3.85. The average molecular weight is 274 g/mol. The minimum absolute atomic E-state index is 0.00650. The zero-order chi connectivity index (χ0) is 13.6. The molecule has 0 radical (unpaired) electrons. The second-order valence-corrected chi connectivity index (χ2v) is 5.24. The third kappa shape index (κ3) is 3.34. The van der Waals surface area contributed by atoms with Crippen molar-refractivity contribution >= 4 is 10.0 Å². The van der Waals surface area contributed by atoms with Crippen molar-refractivity contribution < 1.29 is 17.9 Å². The fraction of sp³-hybridized carbons (Fsp3) is 0.455. The van der Waals surface area contributed by atoms with E-state index in [1.54, 1.807) is 18.2 Å². The van der Waals surface area contributed by atoms with E-state index in [9.17, 15) is 8.42 Å². The van der Waals surface area contributed by atoms with E-state index in [4.69, 9.17) is 15.2 Å². The SMILES string of the molecule is COc1cccc(OC)c1S(=O)(=O)NCCCN. The molecule has 18 heavy (non-hydrogen) atoms. The molecule has 6 nitrogen and oxygen atoms in total. The second kappa shape index (κ2) is 6.58. The van der Waals surface area contributed by atoms with Crippen LogP contribution in [0.4, 0.5) is 0 Å². The van der Waals surface area contributed by atoms with Crippen molar-refractivity contribution in [3.8, 4) is 11.5 Å². The minimum Gasteiger partial charge on any atom is -0.495 e. The molecular weight excluding hydrogens is 256 g/mol. The Labute approximate surface area is 107 Å². The molecule has 0 aromatic heterocycles. The van der Waals surface area contributed by atoms with E-state index in [-0.39, 0.29) is 22.9 Å². The molecule has 3 N–H and O–H groups in total. The molecule has 0 bridgehead atoms. The van der Waals surface area contributed by atoms with Crippen molar-refractivity contribution in [1.82, 2.24) is 4.72 Å². The highest BCUT2D eigenvalue weighted by atomic mass is 32.2. The van der Waals surface area contributed by atoms with Gasteiger partial charge in [-0.25, -0.2) is 13.1 Å². The number of methoxy groups -OCH3 is 2. The van der Waals surface area contributed by atoms with Gasteiger partial charge >= 0.3 is 0 Å². The quantitative estimate of drug-likeness (QED) is 0.699. The molecule has 0 amide bonds. The first kappa shape index (κ1) is 14.7. The summed E-state index contributed by atoms with van der Waals surface area (Å²) in [7, 11) is -0.853. The first-order chi connectivity index (χ1) is 8.56. The van der Waals surface area contributed by atoms with Gasteiger partial charge in [-0.15, -0.1) is 0 Å². The summed E-state index contributed by atoms with van der Waals surface area (Å²) in [5.41, 5.74) is 5.32. The first-order valence-electron chi connectivity index (χ1n) is 5.47. The van der Waals surface area contributed by atoms with Crippen LogP contribution < -0.4 is 19.9 Å². The number of rotatable bonds is 7. The smallest absolute Gasteiger partial charge is 0.247 e. The standard InChI is InChI=1S/C11H18N2O4S/c1-16-9-5-3-6-10(17-2)11(9)18(14,15)13-8-4-7-12/h3,5-6,13H,4,7-8,12H2,1-2H3. The highest BCUT2D eigenvalue weighted by Crippen LogP contribution is 2.32. The summed E-state index contributed by atoms with van der Waals surface area (Å²) in [6.45, 7) is 0.700. The van der Waals surface area contributed by atoms with E-state index in [1.165, 1.54) is 14.2 Å². The number of hydrogen-bond acceptors (Lipinski definition) is 5. The monoisotopic (exact) mass is 274 g/mol. The fourth-order valence-electron chi connectivity index (χ4n) is 1.46. The van der Waals surface area contributed by atoms with Gasteiger partial charge in [-0.05, 0) is 25.1 Å². The molecule has 0 saturated heterocycles. The van der Waals surface area contributed by atoms with Crippen molar-refractivity contribution in [2.45, 2.75) is 11.3 Å². The van der Waals surface area contributed by atoms with Crippen molar-refractivity contribution in [1.29, 1.82) is 0 Å². The van der Waals surface area contributed by atoms with Crippen LogP contribution in [0.3, 0.4) is 0 Å². The molecule has 102 valence electrons. The van der Waals surface area contributed by atoms with E-state index in [0.717, 1.165) is 0 Å². The molecule has 1 rings (SSSR count). The zero-order valence-corrected chi connectivity index (χ0v) is 11.3. The Morgan fingerprint density at radius 3 is 2.22 bits per heavy atom. The Morgan fingerprint density at radius 1 is 1.22 bits per heavy atom. The van der Waals surface area contributed by atoms with Gasteiger partial charge < -0.3 is 15.2 Å². The molecule has 0 unspecified atom stereocenters. The van der Waals surface area contributed by atoms with Crippen LogP contribution in [0.2, 0.25) is 0 Å². The van der Waals surface area contributed by atoms with Gasteiger partial charge in [-0.3, -0.25) is 0 Å². The number of nitrogens with one attached hydrogen (secondary N) is 1. The lowest BCUT2D eigenvalue weighted by atomic mass is 10.3. The summed E-state index contributed by atoms with van der Waals surface area (Å²) >= 11 is 0. The number of hydrogen-bond donors (Lipinski definition) is 2. The normalized spacial score (nSPS) is 11.3. The van der Waals surface area contributed by atoms with Crippen LogP contribution in [-0.4, -0.2) is 35.7 Å². The van der Waals surface area contributed by atoms with Gasteiger partial charge in [0.25, 0.3) is 0 Å². The van der Waals surface area contributed by atoms with Crippen molar-refractivity contribution in [2.24, 2.45) is 5.73 Å². The van der Waals surface area contributed by atoms with Gasteiger partial charge in [0.15, 0.2) is 4.90 Å². The Bertz CT molecular complexity index is 466. The van der Waals surface area contributed by atoms with Gasteiger partial charge in [-0.2, -0.15) is 0 Å². The fourth-order valence-corrected chi connectivity index (χ4v) is 2.85. The molecule has 1 aromatic carbocycles. The van der Waals surface area contributed by atoms with Crippen LogP contribution in [0.5, 0.6) is 11.5 Å². The summed E-state index contributed by atoms with van der Waals surface area (Å²) in [4.78, 5) is 0.00650. The van der Waals surface area contributed by atoms with E-state index in [2.05, 4.69) is 4.72 Å². The molecular formula is C11H18N2O4S. The molecule has 0 aliphatic rings. The topological polar surface area (TPSA) is 90.6 Å². The molecule has 0 fully saturated rings. The van der Waals surface area contributed by atoms with Crippen LogP contribution in [-0.2, 0) is 10.0 Å². The van der Waals surface area contributed by atoms with Crippen LogP contribution in [0.1, 0.15) is 6.42 Å². The maximum atomic E-state index is 12.2. The third-order valence-electron chi connectivity index (χ3n) is 2.32. The van der Waals surface area contributed by atoms with Gasteiger partial charge in [-0.1, -0.05) is 6.07 Å². The van der Waals surface area contributed by atoms with Crippen LogP contribution in [0.15, 0.2) is 23.1 Å². The van der Waals surface area contributed by atoms with Gasteiger partial charge in [0.1, 0.15) is 11.5 Å². The van der Waals surface area contributed by atoms with Crippen LogP contribution in [0.25, 0.3) is 0 Å². The van der Waals surface area contributed by atoms with E-state index < -0.39 is 10.0 Å². The van der Waals surface area contributed by atoms with Gasteiger partial charge in [0.05, 0.1) is 14.2 Å². The average Bonchev–Trinajstić information content (AvgIpc) is 2.37. The van der Waals surface area contributed by atoms with E-state index in [1.807, 2.05) is 0 Å². The first-order valence-corrected chi connectivity index (χ1v) is 6.96. The van der Waals surface area contributed by atoms with Crippen LogP contribution >= 0.6 is 0 Å². The minimum atomic E-state index is -3.67. The predicted molar refractivity (Wildman–Crippen MR) is 68.4 cm³/mol. The lowest BCUT2D eigenvalue weighted by Crippen LogP contribution is -2.27. The molecule has 0 spiro atoms. The van der Waals surface area contributed by atoms with E-state index in [0.29, 0.717) is 13.0 Å². The Kier molecular flexibility index (Phi) is 5.39. The lowest BCUT2D eigenvalue weighted by molar-refractivity contribution is 0.373. The maximum Gasteiger partial charge on any atom is 0.247 e. The number of sulfonamides is 1. The molecule has 1 aromatic rings. The Balaban J connectivity index is 3.13. The zero-order valence-electron chi connectivity index (χ0n) is 10.5. The summed E-state index contributed by atoms with van der Waals surface area (Å²) in [6.07, 6.45) is 0.566. The maximum absolute atomic E-state index is 12.2. The summed E-state index contributed by atoms with van der Waals surface area (Å²) in [5.74, 6) is 0.490. The number of nitrogens with two attached hydrogens (primary N) is 1. The summed E-state index contributed by atoms with van der Waals surface area (Å²) in [6, 6.07) is 4.80. The van der Waals surface area contributed by atoms with Crippen LogP contribution in [0, 0.1) is 0 Å². The Hall–Kier alpha value is -1.31. The molecule has 7 heteroatoms. The molecule has 0 aliphatic carbocycles. The van der Waals surface area contributed by atoms with Gasteiger partial charge in [0, 0.05) is 6.54 Å². The summed E-state index contributed by atoms with van der Waals surface area (Å²) < 4.78 is 36.9. The molecule has 0 saturated carbocycles. The van der Waals surface area contributed by atoms with E-state index >= 15 is 0 Å².